The lowest BCUT2D eigenvalue weighted by Gasteiger charge is -2.05. The van der Waals surface area contributed by atoms with Gasteiger partial charge in [0.25, 0.3) is 0 Å². The molecule has 0 unspecified atom stereocenters. The van der Waals surface area contributed by atoms with Crippen molar-refractivity contribution >= 4 is 28.9 Å². The highest BCUT2D eigenvalue weighted by atomic mass is 35.5. The van der Waals surface area contributed by atoms with Crippen molar-refractivity contribution < 1.29 is 0 Å². The molecule has 0 saturated heterocycles. The fourth-order valence-electron chi connectivity index (χ4n) is 1.64. The van der Waals surface area contributed by atoms with E-state index < -0.39 is 0 Å². The summed E-state index contributed by atoms with van der Waals surface area (Å²) in [4.78, 5) is 0. The number of anilines is 1. The Kier molecular flexibility index (Phi) is 4.48. The number of rotatable bonds is 4. The molecule has 0 aromatic heterocycles. The van der Waals surface area contributed by atoms with Gasteiger partial charge < -0.3 is 5.73 Å². The molecule has 0 bridgehead atoms. The number of nitrogens with two attached hydrogens (primary N) is 1. The summed E-state index contributed by atoms with van der Waals surface area (Å²) in [7, 11) is 0. The first kappa shape index (κ1) is 13.2. The van der Waals surface area contributed by atoms with Gasteiger partial charge in [-0.25, -0.2) is 5.32 Å². The zero-order valence-corrected chi connectivity index (χ0v) is 11.2. The summed E-state index contributed by atoms with van der Waals surface area (Å²) in [6, 6.07) is 13.2. The molecule has 2 nitrogen and oxygen atoms in total. The molecule has 0 aliphatic rings. The molecule has 0 fully saturated rings. The van der Waals surface area contributed by atoms with E-state index in [1.807, 2.05) is 36.4 Å². The smallest absolute Gasteiger partial charge is 0.0424 e. The van der Waals surface area contributed by atoms with Gasteiger partial charge >= 0.3 is 0 Å². The van der Waals surface area contributed by atoms with Gasteiger partial charge in [-0.15, -0.1) is 0 Å². The van der Waals surface area contributed by atoms with Gasteiger partial charge in [-0.1, -0.05) is 35.3 Å². The number of nitrogen functional groups attached to an aromatic ring is 1. The molecule has 2 rings (SSSR count). The molecule has 0 aliphatic carbocycles. The second-order valence-electron chi connectivity index (χ2n) is 4.06. The Hall–Kier alpha value is -1.22. The topological polar surface area (TPSA) is 40.1 Å². The summed E-state index contributed by atoms with van der Waals surface area (Å²) in [5.74, 6) is 0. The summed E-state index contributed by atoms with van der Waals surface area (Å²) >= 11 is 11.8. The van der Waals surface area contributed by atoms with E-state index in [9.17, 15) is 0 Å². The Morgan fingerprint density at radius 2 is 1.39 bits per heavy atom. The van der Waals surface area contributed by atoms with Crippen LogP contribution in [0, 0.1) is 0 Å². The second kappa shape index (κ2) is 6.10. The summed E-state index contributed by atoms with van der Waals surface area (Å²) < 4.78 is 0. The predicted octanol–water partition coefficient (Wildman–Crippen LogP) is 3.88. The van der Waals surface area contributed by atoms with Gasteiger partial charge in [-0.05, 0) is 41.5 Å². The van der Waals surface area contributed by atoms with Gasteiger partial charge in [0.05, 0.1) is 0 Å². The van der Waals surface area contributed by atoms with Gasteiger partial charge in [0.1, 0.15) is 0 Å². The molecule has 2 aromatic rings. The molecule has 2 aromatic carbocycles. The minimum atomic E-state index is 0.602. The molecule has 0 aliphatic heterocycles. The Bertz CT molecular complexity index is 504. The van der Waals surface area contributed by atoms with Crippen LogP contribution in [0.15, 0.2) is 42.5 Å². The van der Waals surface area contributed by atoms with Crippen molar-refractivity contribution in [1.29, 1.82) is 0 Å². The molecule has 0 heterocycles. The highest BCUT2D eigenvalue weighted by Crippen LogP contribution is 2.19. The molecular weight excluding hydrogens is 267 g/mol. The van der Waals surface area contributed by atoms with Crippen LogP contribution in [0.1, 0.15) is 11.1 Å². The first-order valence-corrected chi connectivity index (χ1v) is 6.32. The van der Waals surface area contributed by atoms with E-state index in [-0.39, 0.29) is 0 Å². The zero-order valence-electron chi connectivity index (χ0n) is 9.74. The molecule has 4 heteroatoms. The average molecular weight is 280 g/mol. The van der Waals surface area contributed by atoms with Crippen LogP contribution in [-0.4, -0.2) is 0 Å². The molecule has 0 saturated carbocycles. The van der Waals surface area contributed by atoms with Gasteiger partial charge in [0.2, 0.25) is 0 Å². The fourth-order valence-corrected chi connectivity index (χ4v) is 2.21. The number of hydrogen-bond acceptors (Lipinski definition) is 1. The molecule has 93 valence electrons. The van der Waals surface area contributed by atoms with Gasteiger partial charge in [0, 0.05) is 28.8 Å². The van der Waals surface area contributed by atoms with Gasteiger partial charge in [-0.2, -0.15) is 0 Å². The standard InChI is InChI=1S/C14H13Cl2N2/c15-12-5-11(6-13(16)7-12)9-18-8-10-1-3-14(17)4-2-10/h1-7H,8-9,17H2. The molecule has 0 atom stereocenters. The third-order valence-electron chi connectivity index (χ3n) is 2.49. The van der Waals surface area contributed by atoms with Crippen LogP contribution in [0.2, 0.25) is 10.0 Å². The number of halogens is 2. The highest BCUT2D eigenvalue weighted by molar-refractivity contribution is 6.34. The molecule has 18 heavy (non-hydrogen) atoms. The summed E-state index contributed by atoms with van der Waals surface area (Å²) in [5.41, 5.74) is 8.54. The minimum absolute atomic E-state index is 0.602. The highest BCUT2D eigenvalue weighted by Gasteiger charge is 1.99. The van der Waals surface area contributed by atoms with E-state index in [0.29, 0.717) is 23.1 Å². The molecule has 0 spiro atoms. The van der Waals surface area contributed by atoms with E-state index >= 15 is 0 Å². The third kappa shape index (κ3) is 3.91. The molecular formula is C14H13Cl2N2. The van der Waals surface area contributed by atoms with Gasteiger partial charge in [-0.3, -0.25) is 0 Å². The zero-order chi connectivity index (χ0) is 13.0. The van der Waals surface area contributed by atoms with E-state index in [1.54, 1.807) is 6.07 Å². The first-order chi connectivity index (χ1) is 8.63. The fraction of sp³-hybridized carbons (Fsp3) is 0.143. The lowest BCUT2D eigenvalue weighted by atomic mass is 10.2. The number of nitrogens with zero attached hydrogens (tertiary/aromatic N) is 1. The monoisotopic (exact) mass is 279 g/mol. The SMILES string of the molecule is Nc1ccc(C[N]Cc2cc(Cl)cc(Cl)c2)cc1. The van der Waals surface area contributed by atoms with Crippen molar-refractivity contribution in [2.75, 3.05) is 5.73 Å². The van der Waals surface area contributed by atoms with Crippen LogP contribution in [0.3, 0.4) is 0 Å². The summed E-state index contributed by atoms with van der Waals surface area (Å²) in [5, 5.41) is 5.74. The van der Waals surface area contributed by atoms with Crippen LogP contribution in [-0.2, 0) is 13.1 Å². The largest absolute Gasteiger partial charge is 0.399 e. The summed E-state index contributed by atoms with van der Waals surface area (Å²) in [6.07, 6.45) is 0. The average Bonchev–Trinajstić information content (AvgIpc) is 2.30. The van der Waals surface area contributed by atoms with Crippen molar-refractivity contribution in [3.05, 3.63) is 63.6 Å². The van der Waals surface area contributed by atoms with Crippen LogP contribution < -0.4 is 11.1 Å². The second-order valence-corrected chi connectivity index (χ2v) is 4.93. The third-order valence-corrected chi connectivity index (χ3v) is 2.93. The predicted molar refractivity (Wildman–Crippen MR) is 76.9 cm³/mol. The van der Waals surface area contributed by atoms with Crippen molar-refractivity contribution in [3.8, 4) is 0 Å². The number of hydrogen-bond donors (Lipinski definition) is 1. The number of benzene rings is 2. The maximum atomic E-state index is 5.92. The summed E-state index contributed by atoms with van der Waals surface area (Å²) in [6.45, 7) is 1.26. The quantitative estimate of drug-likeness (QED) is 0.848. The van der Waals surface area contributed by atoms with Crippen LogP contribution in [0.5, 0.6) is 0 Å². The maximum absolute atomic E-state index is 5.92. The van der Waals surface area contributed by atoms with Crippen molar-refractivity contribution in [2.45, 2.75) is 13.1 Å². The lowest BCUT2D eigenvalue weighted by Crippen LogP contribution is -2.04. The Labute approximate surface area is 117 Å². The molecule has 1 radical (unpaired) electrons. The van der Waals surface area contributed by atoms with Gasteiger partial charge in [0.15, 0.2) is 0 Å². The van der Waals surface area contributed by atoms with Crippen LogP contribution in [0.4, 0.5) is 5.69 Å². The molecule has 2 N–H and O–H groups in total. The van der Waals surface area contributed by atoms with E-state index in [4.69, 9.17) is 28.9 Å². The lowest BCUT2D eigenvalue weighted by molar-refractivity contribution is 0.677. The van der Waals surface area contributed by atoms with Crippen LogP contribution in [0.25, 0.3) is 0 Å². The normalized spacial score (nSPS) is 10.6. The van der Waals surface area contributed by atoms with Crippen molar-refractivity contribution in [3.63, 3.8) is 0 Å². The minimum Gasteiger partial charge on any atom is -0.399 e. The Morgan fingerprint density at radius 3 is 2.00 bits per heavy atom. The van der Waals surface area contributed by atoms with E-state index in [1.165, 1.54) is 0 Å². The van der Waals surface area contributed by atoms with Crippen LogP contribution >= 0.6 is 23.2 Å². The molecule has 0 amide bonds. The van der Waals surface area contributed by atoms with Crippen molar-refractivity contribution in [2.24, 2.45) is 0 Å². The van der Waals surface area contributed by atoms with Crippen molar-refractivity contribution in [1.82, 2.24) is 5.32 Å². The Balaban J connectivity index is 1.90. The van der Waals surface area contributed by atoms with E-state index in [2.05, 4.69) is 5.32 Å². The maximum Gasteiger partial charge on any atom is 0.0424 e. The van der Waals surface area contributed by atoms with E-state index in [0.717, 1.165) is 16.8 Å². The first-order valence-electron chi connectivity index (χ1n) is 5.56. The Morgan fingerprint density at radius 1 is 0.833 bits per heavy atom.